The van der Waals surface area contributed by atoms with Crippen LogP contribution in [0.4, 0.5) is 28.7 Å². The van der Waals surface area contributed by atoms with Gasteiger partial charge >= 0.3 is 0 Å². The molecule has 1 aliphatic rings. The van der Waals surface area contributed by atoms with E-state index >= 15 is 0 Å². The van der Waals surface area contributed by atoms with Crippen molar-refractivity contribution in [1.82, 2.24) is 19.3 Å². The molecule has 142 valence electrons. The molecule has 0 radical (unpaired) electrons. The van der Waals surface area contributed by atoms with E-state index in [1.54, 1.807) is 12.3 Å². The number of nitrogens with two attached hydrogens (primary N) is 2. The second-order valence-corrected chi connectivity index (χ2v) is 8.29. The van der Waals surface area contributed by atoms with E-state index in [0.29, 0.717) is 34.7 Å². The zero-order chi connectivity index (χ0) is 19.2. The number of sulfonamides is 1. The van der Waals surface area contributed by atoms with E-state index in [4.69, 9.17) is 11.5 Å². The molecule has 0 amide bonds. The van der Waals surface area contributed by atoms with Gasteiger partial charge in [0.1, 0.15) is 5.82 Å². The van der Waals surface area contributed by atoms with Gasteiger partial charge in [-0.2, -0.15) is 4.52 Å². The van der Waals surface area contributed by atoms with Gasteiger partial charge in [0.25, 0.3) is 0 Å². The van der Waals surface area contributed by atoms with Crippen LogP contribution in [0.2, 0.25) is 0 Å². The maximum atomic E-state index is 12.1. The van der Waals surface area contributed by atoms with Gasteiger partial charge in [-0.25, -0.2) is 18.1 Å². The lowest BCUT2D eigenvalue weighted by atomic mass is 10.3. The highest BCUT2D eigenvalue weighted by molar-refractivity contribution is 7.89. The van der Waals surface area contributed by atoms with Crippen LogP contribution in [0.5, 0.6) is 0 Å². The first kappa shape index (κ1) is 17.4. The Balaban J connectivity index is 1.74. The molecule has 2 heterocycles. The number of nitrogens with one attached hydrogen (secondary N) is 3. The lowest BCUT2D eigenvalue weighted by Gasteiger charge is -2.12. The van der Waals surface area contributed by atoms with Crippen molar-refractivity contribution >= 4 is 44.4 Å². The molecule has 7 N–H and O–H groups in total. The predicted molar refractivity (Wildman–Crippen MR) is 104 cm³/mol. The van der Waals surface area contributed by atoms with Crippen LogP contribution in [0.25, 0.3) is 5.65 Å². The Morgan fingerprint density at radius 2 is 1.96 bits per heavy atom. The lowest BCUT2D eigenvalue weighted by Crippen LogP contribution is -2.19. The van der Waals surface area contributed by atoms with Gasteiger partial charge in [0, 0.05) is 23.5 Å². The van der Waals surface area contributed by atoms with Crippen molar-refractivity contribution in [3.05, 3.63) is 30.5 Å². The maximum absolute atomic E-state index is 12.1. The Morgan fingerprint density at radius 3 is 2.67 bits per heavy atom. The minimum atomic E-state index is -3.62. The van der Waals surface area contributed by atoms with Crippen molar-refractivity contribution in [3.8, 4) is 0 Å². The van der Waals surface area contributed by atoms with E-state index in [1.807, 2.05) is 6.07 Å². The van der Waals surface area contributed by atoms with Gasteiger partial charge in [-0.05, 0) is 38.1 Å². The second-order valence-electron chi connectivity index (χ2n) is 6.40. The van der Waals surface area contributed by atoms with Crippen LogP contribution >= 0.6 is 0 Å². The van der Waals surface area contributed by atoms with Gasteiger partial charge in [0.05, 0.1) is 16.8 Å². The lowest BCUT2D eigenvalue weighted by molar-refractivity contribution is 0.588. The quantitative estimate of drug-likeness (QED) is 0.394. The number of fused-ring (bicyclic) bond motifs is 1. The van der Waals surface area contributed by atoms with Crippen LogP contribution in [0, 0.1) is 0 Å². The van der Waals surface area contributed by atoms with Crippen LogP contribution in [-0.4, -0.2) is 36.1 Å². The zero-order valence-electron chi connectivity index (χ0n) is 14.6. The first-order valence-electron chi connectivity index (χ1n) is 8.37. The number of nitrogen functional groups attached to an aromatic ring is 2. The number of aromatic nitrogens is 3. The molecule has 2 aromatic heterocycles. The third-order valence-electron chi connectivity index (χ3n) is 4.21. The number of nitrogens with zero attached hydrogens (tertiary/aromatic N) is 3. The minimum absolute atomic E-state index is 0.0621. The molecular weight excluding hydrogens is 368 g/mol. The van der Waals surface area contributed by atoms with Crippen LogP contribution in [-0.2, 0) is 10.0 Å². The summed E-state index contributed by atoms with van der Waals surface area (Å²) in [4.78, 5) is 4.36. The predicted octanol–water partition coefficient (Wildman–Crippen LogP) is 1.12. The molecule has 10 nitrogen and oxygen atoms in total. The highest BCUT2D eigenvalue weighted by Crippen LogP contribution is 2.30. The molecule has 1 fully saturated rings. The van der Waals surface area contributed by atoms with Gasteiger partial charge in [0.2, 0.25) is 10.0 Å². The van der Waals surface area contributed by atoms with Gasteiger partial charge in [0.15, 0.2) is 11.5 Å². The third kappa shape index (κ3) is 3.46. The molecular formula is C16H20N8O2S. The highest BCUT2D eigenvalue weighted by atomic mass is 32.2. The second kappa shape index (κ2) is 6.28. The molecule has 1 aliphatic carbocycles. The average molecular weight is 388 g/mol. The Kier molecular flexibility index (Phi) is 4.04. The zero-order valence-corrected chi connectivity index (χ0v) is 15.4. The Bertz CT molecular complexity index is 1120. The van der Waals surface area contributed by atoms with Crippen LogP contribution in [0.15, 0.2) is 35.4 Å². The minimum Gasteiger partial charge on any atom is -0.399 e. The molecule has 0 spiro atoms. The van der Waals surface area contributed by atoms with Gasteiger partial charge in [-0.3, -0.25) is 0 Å². The molecule has 1 aromatic carbocycles. The van der Waals surface area contributed by atoms with Gasteiger partial charge in [-0.15, -0.1) is 5.10 Å². The number of hydrogen-bond acceptors (Lipinski definition) is 8. The molecule has 0 unspecified atom stereocenters. The standard InChI is InChI=1S/C16H20N8O2S/c1-19-27(25,26)12-5-9(17)4-11(6-12)22-15-7-13(21-10-2-3-10)16-20-8-14(18)24(16)23-15/h4-8,10,19,21H,2-3,17-18H2,1H3,(H,22,23). The number of imidazole rings is 1. The maximum Gasteiger partial charge on any atom is 0.240 e. The summed E-state index contributed by atoms with van der Waals surface area (Å²) in [5.74, 6) is 0.882. The summed E-state index contributed by atoms with van der Waals surface area (Å²) in [6.45, 7) is 0. The Hall–Kier alpha value is -3.05. The van der Waals surface area contributed by atoms with Crippen LogP contribution < -0.4 is 26.8 Å². The summed E-state index contributed by atoms with van der Waals surface area (Å²) in [7, 11) is -2.28. The third-order valence-corrected chi connectivity index (χ3v) is 5.61. The Labute approximate surface area is 156 Å². The molecule has 0 aliphatic heterocycles. The average Bonchev–Trinajstić information content (AvgIpc) is 3.36. The fourth-order valence-corrected chi connectivity index (χ4v) is 3.52. The SMILES string of the molecule is CNS(=O)(=O)c1cc(N)cc(Nc2cc(NC3CC3)c3ncc(N)n3n2)c1. The van der Waals surface area contributed by atoms with E-state index in [2.05, 4.69) is 25.4 Å². The summed E-state index contributed by atoms with van der Waals surface area (Å²) in [5, 5.41) is 10.9. The Morgan fingerprint density at radius 1 is 1.19 bits per heavy atom. The molecule has 0 saturated heterocycles. The summed E-state index contributed by atoms with van der Waals surface area (Å²) in [6, 6.07) is 6.74. The topological polar surface area (TPSA) is 152 Å². The van der Waals surface area contributed by atoms with Crippen molar-refractivity contribution in [1.29, 1.82) is 0 Å². The number of benzene rings is 1. The first-order chi connectivity index (χ1) is 12.9. The summed E-state index contributed by atoms with van der Waals surface area (Å²) >= 11 is 0. The number of rotatable bonds is 6. The molecule has 11 heteroatoms. The molecule has 0 atom stereocenters. The van der Waals surface area contributed by atoms with Crippen molar-refractivity contribution in [2.24, 2.45) is 0 Å². The van der Waals surface area contributed by atoms with Crippen molar-refractivity contribution in [3.63, 3.8) is 0 Å². The molecule has 4 rings (SSSR count). The van der Waals surface area contributed by atoms with E-state index < -0.39 is 10.0 Å². The van der Waals surface area contributed by atoms with E-state index in [0.717, 1.165) is 18.5 Å². The van der Waals surface area contributed by atoms with Gasteiger partial charge < -0.3 is 22.1 Å². The van der Waals surface area contributed by atoms with E-state index in [1.165, 1.54) is 23.7 Å². The van der Waals surface area contributed by atoms with E-state index in [-0.39, 0.29) is 4.90 Å². The molecule has 0 bridgehead atoms. The van der Waals surface area contributed by atoms with E-state index in [9.17, 15) is 8.42 Å². The number of anilines is 5. The van der Waals surface area contributed by atoms with Crippen molar-refractivity contribution < 1.29 is 8.42 Å². The monoisotopic (exact) mass is 388 g/mol. The fraction of sp³-hybridized carbons (Fsp3) is 0.250. The summed E-state index contributed by atoms with van der Waals surface area (Å²) in [5.41, 5.74) is 14.1. The molecule has 1 saturated carbocycles. The van der Waals surface area contributed by atoms with Gasteiger partial charge in [-0.1, -0.05) is 0 Å². The smallest absolute Gasteiger partial charge is 0.240 e. The fourth-order valence-electron chi connectivity index (χ4n) is 2.72. The normalized spacial score (nSPS) is 14.4. The first-order valence-corrected chi connectivity index (χ1v) is 9.86. The highest BCUT2D eigenvalue weighted by Gasteiger charge is 2.23. The van der Waals surface area contributed by atoms with Crippen molar-refractivity contribution in [2.45, 2.75) is 23.8 Å². The van der Waals surface area contributed by atoms with Crippen molar-refractivity contribution in [2.75, 3.05) is 29.1 Å². The van der Waals surface area contributed by atoms with Crippen LogP contribution in [0.1, 0.15) is 12.8 Å². The summed E-state index contributed by atoms with van der Waals surface area (Å²) < 4.78 is 28.0. The summed E-state index contributed by atoms with van der Waals surface area (Å²) in [6.07, 6.45) is 3.75. The molecule has 27 heavy (non-hydrogen) atoms. The number of hydrogen-bond donors (Lipinski definition) is 5. The largest absolute Gasteiger partial charge is 0.399 e. The van der Waals surface area contributed by atoms with Crippen LogP contribution in [0.3, 0.4) is 0 Å². The molecule has 3 aromatic rings.